The normalized spacial score (nSPS) is 13.6. The standard InChI is InChI=1S/C26H32N4O2S/c1-18(20-10-6-4-7-11-20)30(3)26(31)19(2)32-25-24(28-16-22(27)17-33)15-14-23(29-25)21-12-8-5-9-13-21/h4-15,18-19,22,28,33H,16-17,27H2,1-3H3. The Balaban J connectivity index is 1.81. The Bertz CT molecular complexity index is 1030. The maximum absolute atomic E-state index is 13.2. The van der Waals surface area contributed by atoms with Crippen molar-refractivity contribution in [2.24, 2.45) is 5.73 Å². The highest BCUT2D eigenvalue weighted by atomic mass is 32.1. The fraction of sp³-hybridized carbons (Fsp3) is 0.308. The molecule has 33 heavy (non-hydrogen) atoms. The number of benzene rings is 2. The van der Waals surface area contributed by atoms with Crippen molar-refractivity contribution in [3.05, 3.63) is 78.4 Å². The Morgan fingerprint density at radius 3 is 2.33 bits per heavy atom. The van der Waals surface area contributed by atoms with Gasteiger partial charge < -0.3 is 20.7 Å². The molecule has 3 unspecified atom stereocenters. The molecule has 1 heterocycles. The molecule has 0 aliphatic rings. The summed E-state index contributed by atoms with van der Waals surface area (Å²) < 4.78 is 6.12. The first-order valence-corrected chi connectivity index (χ1v) is 11.7. The highest BCUT2D eigenvalue weighted by Gasteiger charge is 2.25. The first-order valence-electron chi connectivity index (χ1n) is 11.1. The lowest BCUT2D eigenvalue weighted by molar-refractivity contribution is -0.138. The van der Waals surface area contributed by atoms with E-state index in [1.807, 2.05) is 79.7 Å². The molecule has 0 saturated heterocycles. The van der Waals surface area contributed by atoms with Gasteiger partial charge in [0.2, 0.25) is 5.88 Å². The number of hydrogen-bond donors (Lipinski definition) is 3. The van der Waals surface area contributed by atoms with Crippen LogP contribution < -0.4 is 15.8 Å². The Morgan fingerprint density at radius 1 is 1.06 bits per heavy atom. The van der Waals surface area contributed by atoms with Gasteiger partial charge in [0.15, 0.2) is 6.10 Å². The van der Waals surface area contributed by atoms with Crippen molar-refractivity contribution >= 4 is 24.2 Å². The number of pyridine rings is 1. The number of nitrogens with one attached hydrogen (secondary N) is 1. The van der Waals surface area contributed by atoms with E-state index in [0.717, 1.165) is 16.8 Å². The minimum atomic E-state index is -0.723. The van der Waals surface area contributed by atoms with Crippen LogP contribution in [-0.2, 0) is 4.79 Å². The quantitative estimate of drug-likeness (QED) is 0.388. The second-order valence-corrected chi connectivity index (χ2v) is 8.40. The minimum Gasteiger partial charge on any atom is -0.463 e. The smallest absolute Gasteiger partial charge is 0.263 e. The SMILES string of the molecule is CC(Oc1nc(-c2ccccc2)ccc1NCC(N)CS)C(=O)N(C)C(C)c1ccccc1. The number of aromatic nitrogens is 1. The van der Waals surface area contributed by atoms with E-state index in [2.05, 4.69) is 17.9 Å². The Hall–Kier alpha value is -3.03. The molecule has 3 N–H and O–H groups in total. The summed E-state index contributed by atoms with van der Waals surface area (Å²) in [5.41, 5.74) is 9.49. The zero-order chi connectivity index (χ0) is 23.8. The molecule has 3 atom stereocenters. The zero-order valence-corrected chi connectivity index (χ0v) is 20.2. The lowest BCUT2D eigenvalue weighted by atomic mass is 10.1. The van der Waals surface area contributed by atoms with E-state index in [9.17, 15) is 4.79 Å². The van der Waals surface area contributed by atoms with Crippen molar-refractivity contribution in [1.82, 2.24) is 9.88 Å². The molecule has 7 heteroatoms. The summed E-state index contributed by atoms with van der Waals surface area (Å²) >= 11 is 4.24. The number of amides is 1. The van der Waals surface area contributed by atoms with Crippen LogP contribution in [0.3, 0.4) is 0 Å². The van der Waals surface area contributed by atoms with Crippen molar-refractivity contribution in [3.8, 4) is 17.1 Å². The third-order valence-corrected chi connectivity index (χ3v) is 6.03. The predicted molar refractivity (Wildman–Crippen MR) is 138 cm³/mol. The third kappa shape index (κ3) is 6.49. The van der Waals surface area contributed by atoms with Crippen molar-refractivity contribution in [2.75, 3.05) is 24.7 Å². The molecule has 0 bridgehead atoms. The van der Waals surface area contributed by atoms with Gasteiger partial charge in [-0.3, -0.25) is 4.79 Å². The molecule has 174 valence electrons. The third-order valence-electron chi connectivity index (χ3n) is 5.57. The second kappa shape index (κ2) is 11.7. The number of carbonyl (C=O) groups excluding carboxylic acids is 1. The molecule has 0 fully saturated rings. The number of nitrogens with two attached hydrogens (primary N) is 1. The number of anilines is 1. The molecular formula is C26H32N4O2S. The van der Waals surface area contributed by atoms with Gasteiger partial charge in [-0.15, -0.1) is 0 Å². The maximum Gasteiger partial charge on any atom is 0.263 e. The summed E-state index contributed by atoms with van der Waals surface area (Å²) in [7, 11) is 1.79. The van der Waals surface area contributed by atoms with Crippen LogP contribution in [0.15, 0.2) is 72.8 Å². The van der Waals surface area contributed by atoms with E-state index in [4.69, 9.17) is 15.5 Å². The number of rotatable bonds is 10. The summed E-state index contributed by atoms with van der Waals surface area (Å²) in [5.74, 6) is 0.788. The Morgan fingerprint density at radius 2 is 1.70 bits per heavy atom. The van der Waals surface area contributed by atoms with Gasteiger partial charge in [0, 0.05) is 31.0 Å². The maximum atomic E-state index is 13.2. The van der Waals surface area contributed by atoms with E-state index >= 15 is 0 Å². The van der Waals surface area contributed by atoms with Crippen LogP contribution in [0.5, 0.6) is 5.88 Å². The van der Waals surface area contributed by atoms with Gasteiger partial charge in [0.1, 0.15) is 0 Å². The molecule has 0 radical (unpaired) electrons. The minimum absolute atomic E-state index is 0.0839. The summed E-state index contributed by atoms with van der Waals surface area (Å²) in [5, 5.41) is 3.28. The predicted octanol–water partition coefficient (Wildman–Crippen LogP) is 4.40. The molecular weight excluding hydrogens is 432 g/mol. The van der Waals surface area contributed by atoms with E-state index in [0.29, 0.717) is 23.9 Å². The fourth-order valence-corrected chi connectivity index (χ4v) is 3.52. The molecule has 0 aliphatic heterocycles. The summed E-state index contributed by atoms with van der Waals surface area (Å²) in [6.07, 6.45) is -0.723. The van der Waals surface area contributed by atoms with Crippen molar-refractivity contribution in [1.29, 1.82) is 0 Å². The van der Waals surface area contributed by atoms with Gasteiger partial charge in [-0.2, -0.15) is 12.6 Å². The highest BCUT2D eigenvalue weighted by molar-refractivity contribution is 7.80. The molecule has 1 aromatic heterocycles. The molecule has 0 saturated carbocycles. The summed E-state index contributed by atoms with van der Waals surface area (Å²) in [6, 6.07) is 23.4. The van der Waals surface area contributed by atoms with Crippen molar-refractivity contribution in [3.63, 3.8) is 0 Å². The van der Waals surface area contributed by atoms with Gasteiger partial charge in [-0.1, -0.05) is 60.7 Å². The molecule has 2 aromatic carbocycles. The molecule has 3 rings (SSSR count). The number of nitrogens with zero attached hydrogens (tertiary/aromatic N) is 2. The van der Waals surface area contributed by atoms with E-state index in [1.165, 1.54) is 0 Å². The number of carbonyl (C=O) groups is 1. The van der Waals surface area contributed by atoms with Crippen molar-refractivity contribution < 1.29 is 9.53 Å². The van der Waals surface area contributed by atoms with Gasteiger partial charge >= 0.3 is 0 Å². The van der Waals surface area contributed by atoms with Crippen LogP contribution >= 0.6 is 12.6 Å². The van der Waals surface area contributed by atoms with Gasteiger partial charge in [-0.05, 0) is 31.5 Å². The first-order chi connectivity index (χ1) is 15.9. The van der Waals surface area contributed by atoms with Crippen LogP contribution in [0.1, 0.15) is 25.5 Å². The Kier molecular flexibility index (Phi) is 8.74. The number of ether oxygens (including phenoxy) is 1. The molecule has 0 aliphatic carbocycles. The largest absolute Gasteiger partial charge is 0.463 e. The van der Waals surface area contributed by atoms with E-state index < -0.39 is 6.10 Å². The topological polar surface area (TPSA) is 80.5 Å². The van der Waals surface area contributed by atoms with Crippen LogP contribution in [0.2, 0.25) is 0 Å². The van der Waals surface area contributed by atoms with E-state index in [-0.39, 0.29) is 18.0 Å². The number of hydrogen-bond acceptors (Lipinski definition) is 6. The number of thiol groups is 1. The lowest BCUT2D eigenvalue weighted by Crippen LogP contribution is -2.39. The first kappa shape index (κ1) is 24.6. The Labute approximate surface area is 201 Å². The number of likely N-dealkylation sites (N-methyl/N-ethyl adjacent to an activating group) is 1. The van der Waals surface area contributed by atoms with Gasteiger partial charge in [0.25, 0.3) is 5.91 Å². The average Bonchev–Trinajstić information content (AvgIpc) is 2.87. The zero-order valence-electron chi connectivity index (χ0n) is 19.3. The average molecular weight is 465 g/mol. The van der Waals surface area contributed by atoms with Gasteiger partial charge in [0.05, 0.1) is 17.4 Å². The fourth-order valence-electron chi connectivity index (χ4n) is 3.39. The second-order valence-electron chi connectivity index (χ2n) is 8.03. The van der Waals surface area contributed by atoms with Crippen LogP contribution in [0.4, 0.5) is 5.69 Å². The molecule has 0 spiro atoms. The molecule has 3 aromatic rings. The summed E-state index contributed by atoms with van der Waals surface area (Å²) in [4.78, 5) is 19.6. The molecule has 6 nitrogen and oxygen atoms in total. The van der Waals surface area contributed by atoms with E-state index in [1.54, 1.807) is 18.9 Å². The van der Waals surface area contributed by atoms with Crippen LogP contribution in [0.25, 0.3) is 11.3 Å². The lowest BCUT2D eigenvalue weighted by Gasteiger charge is -2.28. The monoisotopic (exact) mass is 464 g/mol. The van der Waals surface area contributed by atoms with Gasteiger partial charge in [-0.25, -0.2) is 4.98 Å². The van der Waals surface area contributed by atoms with Crippen molar-refractivity contribution in [2.45, 2.75) is 32.0 Å². The highest BCUT2D eigenvalue weighted by Crippen LogP contribution is 2.29. The van der Waals surface area contributed by atoms with Crippen LogP contribution in [-0.4, -0.2) is 47.3 Å². The molecule has 1 amide bonds. The summed E-state index contributed by atoms with van der Waals surface area (Å²) in [6.45, 7) is 4.26. The van der Waals surface area contributed by atoms with Crippen LogP contribution in [0, 0.1) is 0 Å².